The largest absolute Gasteiger partial charge is 1.00 e. The van der Waals surface area contributed by atoms with Gasteiger partial charge in [0.1, 0.15) is 5.92 Å². The van der Waals surface area contributed by atoms with Gasteiger partial charge >= 0.3 is 22.4 Å². The Morgan fingerprint density at radius 2 is 2.31 bits per heavy atom. The van der Waals surface area contributed by atoms with Gasteiger partial charge in [0.15, 0.2) is 0 Å². The number of aliphatic hydroxyl groups is 1. The second-order valence-corrected chi connectivity index (χ2v) is 4.57. The summed E-state index contributed by atoms with van der Waals surface area (Å²) in [5.41, 5.74) is 0.791. The molecule has 0 spiro atoms. The normalized spacial score (nSPS) is 46.5. The predicted octanol–water partition coefficient (Wildman–Crippen LogP) is 1.87. The molecule has 0 aromatic carbocycles. The average Bonchev–Trinajstić information content (AvgIpc) is 2.49. The Morgan fingerprint density at radius 1 is 1.54 bits per heavy atom. The van der Waals surface area contributed by atoms with E-state index in [2.05, 4.69) is 0 Å². The van der Waals surface area contributed by atoms with Crippen molar-refractivity contribution in [2.75, 3.05) is 0 Å². The first-order valence-corrected chi connectivity index (χ1v) is 4.91. The van der Waals surface area contributed by atoms with Crippen LogP contribution in [0.3, 0.4) is 0 Å². The molecule has 13 heavy (non-hydrogen) atoms. The summed E-state index contributed by atoms with van der Waals surface area (Å²) in [6, 6.07) is 0. The molecule has 0 heterocycles. The second kappa shape index (κ2) is 2.90. The van der Waals surface area contributed by atoms with Crippen molar-refractivity contribution in [3.8, 4) is 0 Å². The zero-order valence-corrected chi connectivity index (χ0v) is 9.68. The number of hydrogen-bond acceptors (Lipinski definition) is 1. The molecule has 0 saturated heterocycles. The van der Waals surface area contributed by atoms with E-state index < -0.39 is 0 Å². The zero-order valence-electron chi connectivity index (χ0n) is 7.52. The third-order valence-electron chi connectivity index (χ3n) is 3.92. The molecule has 0 radical (unpaired) electrons. The van der Waals surface area contributed by atoms with Gasteiger partial charge in [0.25, 0.3) is 0 Å². The third kappa shape index (κ3) is 1.18. The van der Waals surface area contributed by atoms with E-state index in [0.29, 0.717) is 11.8 Å². The Labute approximate surface area is 95.1 Å². The molecule has 0 aromatic heterocycles. The first kappa shape index (κ1) is 9.85. The maximum absolute atomic E-state index is 10.1. The van der Waals surface area contributed by atoms with Gasteiger partial charge in [0.05, 0.1) is 12.3 Å². The number of rotatable bonds is 0. The quantitative estimate of drug-likeness (QED) is 0.517. The van der Waals surface area contributed by atoms with Gasteiger partial charge in [0, 0.05) is 12.3 Å². The van der Waals surface area contributed by atoms with Gasteiger partial charge in [0.2, 0.25) is 5.60 Å². The molecule has 0 bridgehead atoms. The summed E-state index contributed by atoms with van der Waals surface area (Å²) >= 11 is 0. The molecule has 3 saturated carbocycles. The van der Waals surface area contributed by atoms with E-state index >= 15 is 0 Å². The second-order valence-electron chi connectivity index (χ2n) is 4.57. The van der Waals surface area contributed by atoms with E-state index in [0.717, 1.165) is 24.8 Å². The van der Waals surface area contributed by atoms with Crippen LogP contribution in [0.25, 0.3) is 0 Å². The van der Waals surface area contributed by atoms with E-state index in [1.54, 1.807) is 0 Å². The fourth-order valence-corrected chi connectivity index (χ4v) is 3.15. The molecule has 3 atom stereocenters. The van der Waals surface area contributed by atoms with Crippen molar-refractivity contribution in [3.05, 3.63) is 18.1 Å². The summed E-state index contributed by atoms with van der Waals surface area (Å²) in [4.78, 5) is 0. The average molecular weight is 359 g/mol. The van der Waals surface area contributed by atoms with Gasteiger partial charge in [-0.25, -0.2) is 5.57 Å². The van der Waals surface area contributed by atoms with Crippen molar-refractivity contribution < 1.29 is 27.5 Å². The molecule has 0 aromatic rings. The standard InChI is InChI=1S/C11H14O.Au/c1-7-5-8-6-11(8,12)10-4-2-3-9(7)10;/h1,8-9,12H,2-6H2;/q;+1. The van der Waals surface area contributed by atoms with Crippen molar-refractivity contribution in [1.82, 2.24) is 0 Å². The van der Waals surface area contributed by atoms with Crippen LogP contribution in [0.1, 0.15) is 32.1 Å². The summed E-state index contributed by atoms with van der Waals surface area (Å²) in [6.07, 6.45) is 5.51. The molecular formula is C11H14AuO+. The number of allylic oxidation sites excluding steroid dienone is 1. The van der Waals surface area contributed by atoms with Gasteiger partial charge in [-0.2, -0.15) is 0 Å². The molecule has 3 fully saturated rings. The summed E-state index contributed by atoms with van der Waals surface area (Å²) in [7, 11) is 0. The maximum Gasteiger partial charge on any atom is 1.00 e. The monoisotopic (exact) mass is 359 g/mol. The topological polar surface area (TPSA) is 20.2 Å². The van der Waals surface area contributed by atoms with Crippen LogP contribution in [0, 0.1) is 24.3 Å². The van der Waals surface area contributed by atoms with E-state index in [-0.39, 0.29) is 28.0 Å². The van der Waals surface area contributed by atoms with Crippen LogP contribution < -0.4 is 0 Å². The van der Waals surface area contributed by atoms with E-state index in [9.17, 15) is 5.11 Å². The number of fused-ring (bicyclic) bond motifs is 3. The van der Waals surface area contributed by atoms with Crippen LogP contribution >= 0.6 is 0 Å². The molecular weight excluding hydrogens is 345 g/mol. The minimum absolute atomic E-state index is 0. The fourth-order valence-electron chi connectivity index (χ4n) is 3.15. The molecule has 2 heteroatoms. The van der Waals surface area contributed by atoms with E-state index in [4.69, 9.17) is 6.58 Å². The van der Waals surface area contributed by atoms with Gasteiger partial charge < -0.3 is 11.7 Å². The Kier molecular flexibility index (Phi) is 2.20. The Bertz CT molecular complexity index is 250. The van der Waals surface area contributed by atoms with Crippen LogP contribution in [0.15, 0.2) is 5.57 Å². The maximum atomic E-state index is 10.1. The first-order valence-electron chi connectivity index (χ1n) is 4.91. The minimum atomic E-state index is -0.357. The van der Waals surface area contributed by atoms with Crippen molar-refractivity contribution >= 4 is 0 Å². The van der Waals surface area contributed by atoms with Crippen molar-refractivity contribution in [1.29, 1.82) is 0 Å². The van der Waals surface area contributed by atoms with Crippen LogP contribution in [0.4, 0.5) is 0 Å². The fraction of sp³-hybridized carbons (Fsp3) is 0.727. The van der Waals surface area contributed by atoms with Crippen LogP contribution in [-0.4, -0.2) is 10.7 Å². The molecule has 1 N–H and O–H groups in total. The summed E-state index contributed by atoms with van der Waals surface area (Å²) in [5, 5.41) is 10.1. The molecule has 3 rings (SSSR count). The van der Waals surface area contributed by atoms with Crippen LogP contribution in [0.5, 0.6) is 0 Å². The zero-order chi connectivity index (χ0) is 8.34. The summed E-state index contributed by atoms with van der Waals surface area (Å²) < 4.78 is 0. The van der Waals surface area contributed by atoms with Gasteiger partial charge in [-0.05, 0) is 12.8 Å². The number of hydrogen-bond donors (Lipinski definition) is 1. The molecule has 0 aliphatic heterocycles. The minimum Gasteiger partial charge on any atom is -0.510 e. The Balaban J connectivity index is 0.000000653. The van der Waals surface area contributed by atoms with Gasteiger partial charge in [-0.15, -0.1) is 0 Å². The first-order chi connectivity index (χ1) is 5.72. The molecule has 0 amide bonds. The summed E-state index contributed by atoms with van der Waals surface area (Å²) in [5.74, 6) is 2.34. The third-order valence-corrected chi connectivity index (χ3v) is 3.92. The van der Waals surface area contributed by atoms with Crippen molar-refractivity contribution in [2.24, 2.45) is 11.8 Å². The Morgan fingerprint density at radius 3 is 3.08 bits per heavy atom. The molecule has 1 nitrogen and oxygen atoms in total. The van der Waals surface area contributed by atoms with E-state index in [1.165, 1.54) is 18.8 Å². The molecule has 74 valence electrons. The Hall–Kier alpha value is 0.310. The summed E-state index contributed by atoms with van der Waals surface area (Å²) in [6.45, 7) is 5.98. The van der Waals surface area contributed by atoms with Crippen LogP contribution in [-0.2, 0) is 22.4 Å². The van der Waals surface area contributed by atoms with Crippen LogP contribution in [0.2, 0.25) is 0 Å². The van der Waals surface area contributed by atoms with Gasteiger partial charge in [-0.3, -0.25) is 0 Å². The predicted molar refractivity (Wildman–Crippen MR) is 46.1 cm³/mol. The van der Waals surface area contributed by atoms with Crippen molar-refractivity contribution in [3.63, 3.8) is 0 Å². The van der Waals surface area contributed by atoms with Crippen molar-refractivity contribution in [2.45, 2.75) is 37.7 Å². The molecule has 3 unspecified atom stereocenters. The molecule has 3 aliphatic rings. The smallest absolute Gasteiger partial charge is 0.510 e. The van der Waals surface area contributed by atoms with E-state index in [1.807, 2.05) is 0 Å². The SMILES string of the molecule is [Au+].[CH-]=C1CC2CC2(O)[C+]2CCCC12. The molecule has 3 aliphatic carbocycles. The van der Waals surface area contributed by atoms with Gasteiger partial charge in [-0.1, -0.05) is 6.42 Å².